The molecule has 0 saturated carbocycles. The van der Waals surface area contributed by atoms with Gasteiger partial charge in [0.25, 0.3) is 0 Å². The van der Waals surface area contributed by atoms with E-state index in [2.05, 4.69) is 84.9 Å². The van der Waals surface area contributed by atoms with E-state index in [-0.39, 0.29) is 0 Å². The third-order valence-corrected chi connectivity index (χ3v) is 5.17. The summed E-state index contributed by atoms with van der Waals surface area (Å²) in [5.41, 5.74) is 0. The van der Waals surface area contributed by atoms with E-state index in [0.29, 0.717) is 8.58 Å². The maximum atomic E-state index is 2.27. The van der Waals surface area contributed by atoms with Crippen LogP contribution >= 0.6 is 8.58 Å². The van der Waals surface area contributed by atoms with Crippen molar-refractivity contribution < 1.29 is 0 Å². The van der Waals surface area contributed by atoms with Gasteiger partial charge in [0.1, 0.15) is 0 Å². The van der Waals surface area contributed by atoms with Gasteiger partial charge in [0.05, 0.1) is 0 Å². The Hall–Kier alpha value is -2.17. The van der Waals surface area contributed by atoms with Gasteiger partial charge in [0.15, 0.2) is 0 Å². The Labute approximate surface area is 126 Å². The Balaban J connectivity index is 1.92. The van der Waals surface area contributed by atoms with Gasteiger partial charge in [-0.15, -0.1) is 0 Å². The molecule has 0 bridgehead atoms. The quantitative estimate of drug-likeness (QED) is 0.372. The summed E-state index contributed by atoms with van der Waals surface area (Å²) in [6, 6.07) is 30.5. The van der Waals surface area contributed by atoms with Crippen LogP contribution in [0.3, 0.4) is 0 Å². The predicted octanol–water partition coefficient (Wildman–Crippen LogP) is 4.62. The summed E-state index contributed by atoms with van der Waals surface area (Å²) >= 11 is 0. The van der Waals surface area contributed by atoms with Gasteiger partial charge in [-0.3, -0.25) is 0 Å². The molecule has 4 rings (SSSR count). The maximum absolute atomic E-state index is 2.27. The highest BCUT2D eigenvalue weighted by Crippen LogP contribution is 2.27. The van der Waals surface area contributed by atoms with E-state index in [4.69, 9.17) is 0 Å². The highest BCUT2D eigenvalue weighted by Gasteiger charge is 2.05. The minimum absolute atomic E-state index is 0.702. The first-order valence-electron chi connectivity index (χ1n) is 7.14. The third kappa shape index (κ3) is 2.33. The average Bonchev–Trinajstić information content (AvgIpc) is 2.56. The Morgan fingerprint density at radius 3 is 2.14 bits per heavy atom. The van der Waals surface area contributed by atoms with Crippen LogP contribution < -0.4 is 10.6 Å². The van der Waals surface area contributed by atoms with Crippen LogP contribution in [0.15, 0.2) is 84.9 Å². The Morgan fingerprint density at radius 2 is 1.24 bits per heavy atom. The van der Waals surface area contributed by atoms with Crippen LogP contribution in [0.25, 0.3) is 21.5 Å². The van der Waals surface area contributed by atoms with Crippen LogP contribution in [0.5, 0.6) is 0 Å². The summed E-state index contributed by atoms with van der Waals surface area (Å²) in [4.78, 5) is 0. The zero-order chi connectivity index (χ0) is 14.1. The molecule has 100 valence electrons. The van der Waals surface area contributed by atoms with Crippen LogP contribution in [0.1, 0.15) is 0 Å². The summed E-state index contributed by atoms with van der Waals surface area (Å²) < 4.78 is 0. The first kappa shape index (κ1) is 12.6. The molecule has 1 heteroatoms. The van der Waals surface area contributed by atoms with Crippen LogP contribution in [0.4, 0.5) is 0 Å². The second kappa shape index (κ2) is 5.31. The second-order valence-corrected chi connectivity index (χ2v) is 6.54. The summed E-state index contributed by atoms with van der Waals surface area (Å²) in [5, 5.41) is 8.19. The molecule has 21 heavy (non-hydrogen) atoms. The van der Waals surface area contributed by atoms with Crippen molar-refractivity contribution in [1.82, 2.24) is 0 Å². The minimum Gasteiger partial charge on any atom is -0.0622 e. The van der Waals surface area contributed by atoms with Crippen molar-refractivity contribution in [2.24, 2.45) is 0 Å². The monoisotopic (exact) mass is 286 g/mol. The summed E-state index contributed by atoms with van der Waals surface area (Å²) in [7, 11) is 0.702. The van der Waals surface area contributed by atoms with Crippen molar-refractivity contribution >= 4 is 40.7 Å². The molecule has 4 aromatic carbocycles. The lowest BCUT2D eigenvalue weighted by atomic mass is 10.0. The molecule has 4 aromatic rings. The fraction of sp³-hybridized carbons (Fsp3) is 0. The van der Waals surface area contributed by atoms with Gasteiger partial charge in [-0.25, -0.2) is 0 Å². The van der Waals surface area contributed by atoms with E-state index in [1.54, 1.807) is 0 Å². The fourth-order valence-electron chi connectivity index (χ4n) is 2.83. The van der Waals surface area contributed by atoms with E-state index in [1.807, 2.05) is 0 Å². The topological polar surface area (TPSA) is 0 Å². The first-order chi connectivity index (χ1) is 10.4. The molecule has 0 aliphatic carbocycles. The summed E-state index contributed by atoms with van der Waals surface area (Å²) in [5.74, 6) is 0. The summed E-state index contributed by atoms with van der Waals surface area (Å²) in [6.07, 6.45) is 0. The highest BCUT2D eigenvalue weighted by atomic mass is 31.1. The average molecular weight is 286 g/mol. The number of benzene rings is 4. The smallest absolute Gasteiger partial charge is 0.00990 e. The van der Waals surface area contributed by atoms with Gasteiger partial charge < -0.3 is 0 Å². The molecule has 1 atom stereocenters. The molecular formula is C20H15P. The second-order valence-electron chi connectivity index (χ2n) is 5.18. The summed E-state index contributed by atoms with van der Waals surface area (Å²) in [6.45, 7) is 0. The van der Waals surface area contributed by atoms with Gasteiger partial charge in [0, 0.05) is 0 Å². The van der Waals surface area contributed by atoms with Crippen molar-refractivity contribution in [3.63, 3.8) is 0 Å². The third-order valence-electron chi connectivity index (χ3n) is 3.84. The van der Waals surface area contributed by atoms with E-state index in [1.165, 1.54) is 32.2 Å². The van der Waals surface area contributed by atoms with Crippen molar-refractivity contribution in [3.05, 3.63) is 84.9 Å². The van der Waals surface area contributed by atoms with Gasteiger partial charge in [0.2, 0.25) is 0 Å². The zero-order valence-corrected chi connectivity index (χ0v) is 12.6. The molecule has 0 radical (unpaired) electrons. The molecule has 0 spiro atoms. The molecule has 0 heterocycles. The minimum atomic E-state index is 0.702. The van der Waals surface area contributed by atoms with Gasteiger partial charge in [-0.2, -0.15) is 0 Å². The molecular weight excluding hydrogens is 271 g/mol. The highest BCUT2D eigenvalue weighted by molar-refractivity contribution is 7.56. The number of fused-ring (bicyclic) bond motifs is 3. The van der Waals surface area contributed by atoms with E-state index >= 15 is 0 Å². The van der Waals surface area contributed by atoms with Crippen LogP contribution in [0, 0.1) is 0 Å². The van der Waals surface area contributed by atoms with Crippen molar-refractivity contribution in [2.45, 2.75) is 0 Å². The molecule has 0 aliphatic rings. The standard InChI is InChI=1S/C20H15P/c1-2-8-16(9-3-1)21-20-12-6-11-18-17-10-5-4-7-15(17)13-14-19(18)20/h1-14,21H. The molecule has 0 amide bonds. The predicted molar refractivity (Wildman–Crippen MR) is 95.5 cm³/mol. The lowest BCUT2D eigenvalue weighted by molar-refractivity contribution is 1.77. The molecule has 0 aliphatic heterocycles. The maximum Gasteiger partial charge on any atom is -0.00990 e. The lowest BCUT2D eigenvalue weighted by Crippen LogP contribution is -2.04. The first-order valence-corrected chi connectivity index (χ1v) is 8.14. The van der Waals surface area contributed by atoms with Gasteiger partial charge in [-0.1, -0.05) is 93.5 Å². The number of hydrogen-bond acceptors (Lipinski definition) is 0. The molecule has 0 fully saturated rings. The van der Waals surface area contributed by atoms with Crippen LogP contribution in [-0.2, 0) is 0 Å². The largest absolute Gasteiger partial charge is 0.0622 e. The fourth-order valence-corrected chi connectivity index (χ4v) is 4.03. The van der Waals surface area contributed by atoms with Crippen molar-refractivity contribution in [3.8, 4) is 0 Å². The van der Waals surface area contributed by atoms with Crippen molar-refractivity contribution in [2.75, 3.05) is 0 Å². The Kier molecular flexibility index (Phi) is 3.18. The van der Waals surface area contributed by atoms with E-state index in [0.717, 1.165) is 0 Å². The molecule has 0 N–H and O–H groups in total. The van der Waals surface area contributed by atoms with E-state index in [9.17, 15) is 0 Å². The van der Waals surface area contributed by atoms with Gasteiger partial charge >= 0.3 is 0 Å². The SMILES string of the molecule is c1ccc(Pc2cccc3c2ccc2ccccc23)cc1. The zero-order valence-electron chi connectivity index (χ0n) is 11.6. The Bertz CT molecular complexity index is 910. The Morgan fingerprint density at radius 1 is 0.476 bits per heavy atom. The molecule has 0 aromatic heterocycles. The van der Waals surface area contributed by atoms with E-state index < -0.39 is 0 Å². The molecule has 0 saturated heterocycles. The number of rotatable bonds is 2. The lowest BCUT2D eigenvalue weighted by Gasteiger charge is -2.09. The van der Waals surface area contributed by atoms with Crippen LogP contribution in [-0.4, -0.2) is 0 Å². The number of hydrogen-bond donors (Lipinski definition) is 0. The van der Waals surface area contributed by atoms with Crippen LogP contribution in [0.2, 0.25) is 0 Å². The van der Waals surface area contributed by atoms with Crippen molar-refractivity contribution in [1.29, 1.82) is 0 Å². The molecule has 0 nitrogen and oxygen atoms in total. The normalized spacial score (nSPS) is 11.6. The molecule has 1 unspecified atom stereocenters. The van der Waals surface area contributed by atoms with Gasteiger partial charge in [-0.05, 0) is 32.2 Å².